The lowest BCUT2D eigenvalue weighted by Crippen LogP contribution is -2.31. The van der Waals surface area contributed by atoms with Crippen LogP contribution in [-0.2, 0) is 13.5 Å². The third kappa shape index (κ3) is 4.00. The maximum absolute atomic E-state index is 6.26. The lowest BCUT2D eigenvalue weighted by atomic mass is 9.86. The van der Waals surface area contributed by atoms with Crippen molar-refractivity contribution in [1.29, 1.82) is 0 Å². The van der Waals surface area contributed by atoms with Crippen molar-refractivity contribution < 1.29 is 0 Å². The molecule has 1 rings (SSSR count). The van der Waals surface area contributed by atoms with Gasteiger partial charge in [-0.05, 0) is 31.7 Å². The molecule has 0 bridgehead atoms. The summed E-state index contributed by atoms with van der Waals surface area (Å²) in [5.41, 5.74) is 2.42. The molecule has 17 heavy (non-hydrogen) atoms. The van der Waals surface area contributed by atoms with Crippen LogP contribution in [0, 0.1) is 12.3 Å². The molecule has 0 fully saturated rings. The van der Waals surface area contributed by atoms with Crippen molar-refractivity contribution in [2.45, 2.75) is 40.5 Å². The molecule has 1 aromatic rings. The van der Waals surface area contributed by atoms with Crippen LogP contribution in [0.1, 0.15) is 38.4 Å². The van der Waals surface area contributed by atoms with Gasteiger partial charge in [-0.2, -0.15) is 5.10 Å². The average molecular weight is 258 g/mol. The van der Waals surface area contributed by atoms with Gasteiger partial charge in [-0.1, -0.05) is 32.4 Å². The van der Waals surface area contributed by atoms with E-state index in [1.165, 1.54) is 12.0 Å². The zero-order valence-electron chi connectivity index (χ0n) is 11.6. The molecule has 0 unspecified atom stereocenters. The van der Waals surface area contributed by atoms with Gasteiger partial charge in [0.1, 0.15) is 5.15 Å². The van der Waals surface area contributed by atoms with E-state index in [2.05, 4.69) is 31.2 Å². The Balaban J connectivity index is 2.68. The Hall–Kier alpha value is -0.540. The first-order valence-electron chi connectivity index (χ1n) is 6.26. The van der Waals surface area contributed by atoms with Gasteiger partial charge in [-0.3, -0.25) is 4.68 Å². The summed E-state index contributed by atoms with van der Waals surface area (Å²) < 4.78 is 1.75. The summed E-state index contributed by atoms with van der Waals surface area (Å²) in [7, 11) is 1.89. The molecule has 0 saturated heterocycles. The van der Waals surface area contributed by atoms with E-state index in [0.717, 1.165) is 30.4 Å². The highest BCUT2D eigenvalue weighted by Crippen LogP contribution is 2.27. The summed E-state index contributed by atoms with van der Waals surface area (Å²) in [6.07, 6.45) is 2.13. The Morgan fingerprint density at radius 3 is 2.53 bits per heavy atom. The smallest absolute Gasteiger partial charge is 0.130 e. The minimum Gasteiger partial charge on any atom is -0.316 e. The van der Waals surface area contributed by atoms with Crippen LogP contribution in [-0.4, -0.2) is 22.9 Å². The van der Waals surface area contributed by atoms with E-state index in [4.69, 9.17) is 11.6 Å². The number of hydrogen-bond donors (Lipinski definition) is 1. The maximum Gasteiger partial charge on any atom is 0.130 e. The zero-order chi connectivity index (χ0) is 13.1. The molecule has 0 spiro atoms. The van der Waals surface area contributed by atoms with Gasteiger partial charge in [0, 0.05) is 19.2 Å². The van der Waals surface area contributed by atoms with Gasteiger partial charge in [0.2, 0.25) is 0 Å². The Morgan fingerprint density at radius 2 is 2.06 bits per heavy atom. The number of aromatic nitrogens is 2. The van der Waals surface area contributed by atoms with Crippen LogP contribution < -0.4 is 5.32 Å². The second-order valence-electron chi connectivity index (χ2n) is 5.50. The summed E-state index contributed by atoms with van der Waals surface area (Å²) in [5.74, 6) is 0. The van der Waals surface area contributed by atoms with Crippen molar-refractivity contribution in [2.24, 2.45) is 12.5 Å². The van der Waals surface area contributed by atoms with Crippen molar-refractivity contribution in [3.05, 3.63) is 16.4 Å². The predicted octanol–water partition coefficient (Wildman–Crippen LogP) is 2.95. The molecule has 0 saturated carbocycles. The fourth-order valence-electron chi connectivity index (χ4n) is 2.02. The molecule has 98 valence electrons. The van der Waals surface area contributed by atoms with Gasteiger partial charge in [0.15, 0.2) is 0 Å². The number of nitrogens with one attached hydrogen (secondary N) is 1. The van der Waals surface area contributed by atoms with Crippen molar-refractivity contribution in [1.82, 2.24) is 15.1 Å². The fourth-order valence-corrected chi connectivity index (χ4v) is 2.26. The number of halogens is 1. The second kappa shape index (κ2) is 5.87. The summed E-state index contributed by atoms with van der Waals surface area (Å²) in [5, 5.41) is 8.60. The van der Waals surface area contributed by atoms with Crippen molar-refractivity contribution in [3.8, 4) is 0 Å². The first-order chi connectivity index (χ1) is 7.87. The minimum atomic E-state index is 0.201. The Kier molecular flexibility index (Phi) is 5.02. The average Bonchev–Trinajstić information content (AvgIpc) is 2.45. The number of rotatable bonds is 6. The molecule has 0 aliphatic heterocycles. The molecule has 3 nitrogen and oxygen atoms in total. The molecule has 0 aliphatic rings. The molecular formula is C13H24ClN3. The molecule has 0 aromatic carbocycles. The summed E-state index contributed by atoms with van der Waals surface area (Å²) in [4.78, 5) is 0. The van der Waals surface area contributed by atoms with Gasteiger partial charge >= 0.3 is 0 Å². The summed E-state index contributed by atoms with van der Waals surface area (Å²) in [6.45, 7) is 10.8. The van der Waals surface area contributed by atoms with Crippen LogP contribution in [0.5, 0.6) is 0 Å². The van der Waals surface area contributed by atoms with E-state index in [-0.39, 0.29) is 5.41 Å². The van der Waals surface area contributed by atoms with Crippen LogP contribution in [0.25, 0.3) is 0 Å². The Bertz CT molecular complexity index is 369. The fraction of sp³-hybridized carbons (Fsp3) is 0.769. The monoisotopic (exact) mass is 257 g/mol. The van der Waals surface area contributed by atoms with E-state index in [0.29, 0.717) is 0 Å². The zero-order valence-corrected chi connectivity index (χ0v) is 12.4. The van der Waals surface area contributed by atoms with E-state index in [1.807, 2.05) is 14.0 Å². The predicted molar refractivity (Wildman–Crippen MR) is 73.6 cm³/mol. The normalized spacial score (nSPS) is 12.1. The van der Waals surface area contributed by atoms with Gasteiger partial charge in [-0.25, -0.2) is 0 Å². The molecule has 4 heteroatoms. The van der Waals surface area contributed by atoms with Crippen LogP contribution in [0.2, 0.25) is 5.15 Å². The number of nitrogens with zero attached hydrogens (tertiary/aromatic N) is 2. The van der Waals surface area contributed by atoms with Crippen LogP contribution in [0.15, 0.2) is 0 Å². The summed E-state index contributed by atoms with van der Waals surface area (Å²) in [6, 6.07) is 0. The third-order valence-corrected chi connectivity index (χ3v) is 3.43. The van der Waals surface area contributed by atoms with E-state index < -0.39 is 0 Å². The van der Waals surface area contributed by atoms with Crippen LogP contribution in [0.4, 0.5) is 0 Å². The Labute approximate surface area is 110 Å². The standard InChI is InChI=1S/C13H24ClN3/c1-6-7-15-9-13(3,4)8-11-10(2)16-17(5)12(11)14/h15H,6-9H2,1-5H3. The topological polar surface area (TPSA) is 29.9 Å². The molecular weight excluding hydrogens is 234 g/mol. The van der Waals surface area contributed by atoms with Crippen LogP contribution >= 0.6 is 11.6 Å². The highest BCUT2D eigenvalue weighted by Gasteiger charge is 2.22. The van der Waals surface area contributed by atoms with Gasteiger partial charge < -0.3 is 5.32 Å². The largest absolute Gasteiger partial charge is 0.316 e. The van der Waals surface area contributed by atoms with E-state index in [1.54, 1.807) is 4.68 Å². The lowest BCUT2D eigenvalue weighted by molar-refractivity contribution is 0.338. The van der Waals surface area contributed by atoms with Crippen molar-refractivity contribution >= 4 is 11.6 Å². The van der Waals surface area contributed by atoms with Crippen LogP contribution in [0.3, 0.4) is 0 Å². The van der Waals surface area contributed by atoms with E-state index in [9.17, 15) is 0 Å². The number of hydrogen-bond acceptors (Lipinski definition) is 2. The van der Waals surface area contributed by atoms with Crippen molar-refractivity contribution in [2.75, 3.05) is 13.1 Å². The number of aryl methyl sites for hydroxylation is 2. The highest BCUT2D eigenvalue weighted by atomic mass is 35.5. The third-order valence-electron chi connectivity index (χ3n) is 2.96. The highest BCUT2D eigenvalue weighted by molar-refractivity contribution is 6.30. The molecule has 0 atom stereocenters. The first-order valence-corrected chi connectivity index (χ1v) is 6.64. The summed E-state index contributed by atoms with van der Waals surface area (Å²) >= 11 is 6.26. The van der Waals surface area contributed by atoms with Gasteiger partial charge in [0.05, 0.1) is 5.69 Å². The van der Waals surface area contributed by atoms with Gasteiger partial charge in [-0.15, -0.1) is 0 Å². The molecule has 0 aliphatic carbocycles. The van der Waals surface area contributed by atoms with Gasteiger partial charge in [0.25, 0.3) is 0 Å². The quantitative estimate of drug-likeness (QED) is 0.794. The van der Waals surface area contributed by atoms with Crippen molar-refractivity contribution in [3.63, 3.8) is 0 Å². The molecule has 1 N–H and O–H groups in total. The molecule has 1 aromatic heterocycles. The molecule has 0 amide bonds. The first kappa shape index (κ1) is 14.5. The van der Waals surface area contributed by atoms with E-state index >= 15 is 0 Å². The Morgan fingerprint density at radius 1 is 1.41 bits per heavy atom. The minimum absolute atomic E-state index is 0.201. The maximum atomic E-state index is 6.26. The SMILES string of the molecule is CCCNCC(C)(C)Cc1c(C)nn(C)c1Cl. The second-order valence-corrected chi connectivity index (χ2v) is 5.85. The molecule has 1 heterocycles. The lowest BCUT2D eigenvalue weighted by Gasteiger charge is -2.25. The molecule has 0 radical (unpaired) electrons.